The van der Waals surface area contributed by atoms with Gasteiger partial charge in [0.1, 0.15) is 5.01 Å². The molecule has 0 aliphatic rings. The van der Waals surface area contributed by atoms with Crippen LogP contribution in [0.5, 0.6) is 0 Å². The fourth-order valence-corrected chi connectivity index (χ4v) is 2.23. The van der Waals surface area contributed by atoms with Crippen molar-refractivity contribution in [1.29, 1.82) is 0 Å². The molecule has 1 rings (SSSR count). The summed E-state index contributed by atoms with van der Waals surface area (Å²) in [6.45, 7) is 7.01. The van der Waals surface area contributed by atoms with E-state index in [1.807, 2.05) is 6.20 Å². The molecule has 1 heterocycles. The lowest BCUT2D eigenvalue weighted by molar-refractivity contribution is 0.460. The minimum Gasteiger partial charge on any atom is -0.330 e. The van der Waals surface area contributed by atoms with E-state index >= 15 is 0 Å². The summed E-state index contributed by atoms with van der Waals surface area (Å²) >= 11 is 1.76. The van der Waals surface area contributed by atoms with Gasteiger partial charge in [-0.1, -0.05) is 13.3 Å². The molecule has 4 heteroatoms. The van der Waals surface area contributed by atoms with E-state index < -0.39 is 0 Å². The van der Waals surface area contributed by atoms with Gasteiger partial charge in [0.05, 0.1) is 0 Å². The molecule has 3 N–H and O–H groups in total. The van der Waals surface area contributed by atoms with E-state index in [-0.39, 0.29) is 0 Å². The molecular formula is C11H21N3S. The number of aryl methyl sites for hydroxylation is 1. The monoisotopic (exact) mass is 227 g/mol. The standard InChI is InChI=1S/C11H21N3S/c1-3-10(6-12)4-5-13-8-11-14-7-9(2)15-11/h7,10,13H,3-6,8,12H2,1-2H3. The Bertz CT molecular complexity index is 269. The third-order valence-electron chi connectivity index (χ3n) is 2.59. The van der Waals surface area contributed by atoms with Gasteiger partial charge in [-0.3, -0.25) is 0 Å². The first-order valence-corrected chi connectivity index (χ1v) is 6.40. The molecule has 0 saturated carbocycles. The molecule has 15 heavy (non-hydrogen) atoms. The van der Waals surface area contributed by atoms with Crippen LogP contribution in [0.2, 0.25) is 0 Å². The quantitative estimate of drug-likeness (QED) is 0.700. The highest BCUT2D eigenvalue weighted by Crippen LogP contribution is 2.10. The zero-order valence-corrected chi connectivity index (χ0v) is 10.4. The van der Waals surface area contributed by atoms with Crippen LogP contribution in [0.3, 0.4) is 0 Å². The second-order valence-electron chi connectivity index (χ2n) is 3.84. The molecule has 0 amide bonds. The second kappa shape index (κ2) is 6.93. The predicted molar refractivity (Wildman–Crippen MR) is 66.0 cm³/mol. The topological polar surface area (TPSA) is 50.9 Å². The maximum Gasteiger partial charge on any atom is 0.107 e. The van der Waals surface area contributed by atoms with E-state index in [1.54, 1.807) is 11.3 Å². The average molecular weight is 227 g/mol. The van der Waals surface area contributed by atoms with Crippen molar-refractivity contribution >= 4 is 11.3 Å². The summed E-state index contributed by atoms with van der Waals surface area (Å²) in [5.41, 5.74) is 5.64. The highest BCUT2D eigenvalue weighted by molar-refractivity contribution is 7.11. The van der Waals surface area contributed by atoms with Crippen molar-refractivity contribution in [3.05, 3.63) is 16.1 Å². The zero-order chi connectivity index (χ0) is 11.1. The van der Waals surface area contributed by atoms with Crippen LogP contribution in [0.25, 0.3) is 0 Å². The number of aromatic nitrogens is 1. The van der Waals surface area contributed by atoms with Gasteiger partial charge in [0.2, 0.25) is 0 Å². The smallest absolute Gasteiger partial charge is 0.107 e. The fraction of sp³-hybridized carbons (Fsp3) is 0.727. The molecule has 0 saturated heterocycles. The van der Waals surface area contributed by atoms with Crippen LogP contribution < -0.4 is 11.1 Å². The maximum atomic E-state index is 5.64. The molecule has 1 atom stereocenters. The van der Waals surface area contributed by atoms with Gasteiger partial charge >= 0.3 is 0 Å². The maximum absolute atomic E-state index is 5.64. The average Bonchev–Trinajstić information content (AvgIpc) is 2.65. The van der Waals surface area contributed by atoms with Crippen molar-refractivity contribution < 1.29 is 0 Å². The molecule has 0 radical (unpaired) electrons. The first-order chi connectivity index (χ1) is 7.26. The first kappa shape index (κ1) is 12.6. The van der Waals surface area contributed by atoms with Crippen molar-refractivity contribution in [3.8, 4) is 0 Å². The van der Waals surface area contributed by atoms with Gasteiger partial charge in [-0.25, -0.2) is 4.98 Å². The summed E-state index contributed by atoms with van der Waals surface area (Å²) in [4.78, 5) is 5.58. The van der Waals surface area contributed by atoms with Gasteiger partial charge in [0.15, 0.2) is 0 Å². The molecule has 0 spiro atoms. The highest BCUT2D eigenvalue weighted by atomic mass is 32.1. The molecule has 1 aromatic rings. The summed E-state index contributed by atoms with van der Waals surface area (Å²) in [7, 11) is 0. The lowest BCUT2D eigenvalue weighted by Crippen LogP contribution is -2.21. The third-order valence-corrected chi connectivity index (χ3v) is 3.50. The molecule has 1 aromatic heterocycles. The van der Waals surface area contributed by atoms with Gasteiger partial charge in [-0.05, 0) is 32.4 Å². The van der Waals surface area contributed by atoms with Crippen LogP contribution in [-0.4, -0.2) is 18.1 Å². The molecular weight excluding hydrogens is 206 g/mol. The summed E-state index contributed by atoms with van der Waals surface area (Å²) in [6.07, 6.45) is 4.27. The van der Waals surface area contributed by atoms with Crippen LogP contribution in [-0.2, 0) is 6.54 Å². The molecule has 0 aliphatic heterocycles. The summed E-state index contributed by atoms with van der Waals surface area (Å²) in [5.74, 6) is 0.663. The van der Waals surface area contributed by atoms with Crippen molar-refractivity contribution in [2.24, 2.45) is 11.7 Å². The third kappa shape index (κ3) is 4.73. The summed E-state index contributed by atoms with van der Waals surface area (Å²) in [6, 6.07) is 0. The van der Waals surface area contributed by atoms with Crippen LogP contribution >= 0.6 is 11.3 Å². The Morgan fingerprint density at radius 3 is 2.93 bits per heavy atom. The molecule has 3 nitrogen and oxygen atoms in total. The number of nitrogens with two attached hydrogens (primary N) is 1. The zero-order valence-electron chi connectivity index (χ0n) is 9.62. The van der Waals surface area contributed by atoms with Crippen molar-refractivity contribution in [2.45, 2.75) is 33.2 Å². The van der Waals surface area contributed by atoms with Gasteiger partial charge in [-0.15, -0.1) is 11.3 Å². The molecule has 0 aliphatic carbocycles. The van der Waals surface area contributed by atoms with Crippen molar-refractivity contribution in [3.63, 3.8) is 0 Å². The molecule has 86 valence electrons. The van der Waals surface area contributed by atoms with Gasteiger partial charge in [0, 0.05) is 17.6 Å². The normalized spacial score (nSPS) is 13.0. The Morgan fingerprint density at radius 1 is 1.60 bits per heavy atom. The van der Waals surface area contributed by atoms with E-state index in [4.69, 9.17) is 5.73 Å². The summed E-state index contributed by atoms with van der Waals surface area (Å²) in [5, 5.41) is 4.58. The van der Waals surface area contributed by atoms with Crippen molar-refractivity contribution in [1.82, 2.24) is 10.3 Å². The minimum atomic E-state index is 0.663. The Kier molecular flexibility index (Phi) is 5.83. The molecule has 1 unspecified atom stereocenters. The number of nitrogens with one attached hydrogen (secondary N) is 1. The van der Waals surface area contributed by atoms with E-state index in [0.717, 1.165) is 26.1 Å². The van der Waals surface area contributed by atoms with Gasteiger partial charge < -0.3 is 11.1 Å². The Hall–Kier alpha value is -0.450. The van der Waals surface area contributed by atoms with Crippen LogP contribution in [0.4, 0.5) is 0 Å². The Morgan fingerprint density at radius 2 is 2.40 bits per heavy atom. The number of hydrogen-bond donors (Lipinski definition) is 2. The Balaban J connectivity index is 2.11. The molecule has 0 fully saturated rings. The number of thiazole rings is 1. The van der Waals surface area contributed by atoms with Crippen molar-refractivity contribution in [2.75, 3.05) is 13.1 Å². The Labute approximate surface area is 96.1 Å². The lowest BCUT2D eigenvalue weighted by atomic mass is 10.0. The van der Waals surface area contributed by atoms with Gasteiger partial charge in [0.25, 0.3) is 0 Å². The lowest BCUT2D eigenvalue weighted by Gasteiger charge is -2.11. The minimum absolute atomic E-state index is 0.663. The van der Waals surface area contributed by atoms with E-state index in [1.165, 1.54) is 16.3 Å². The fourth-order valence-electron chi connectivity index (χ4n) is 1.47. The molecule has 0 aromatic carbocycles. The van der Waals surface area contributed by atoms with Crippen LogP contribution in [0.15, 0.2) is 6.20 Å². The SMILES string of the molecule is CCC(CN)CCNCc1ncc(C)s1. The largest absolute Gasteiger partial charge is 0.330 e. The van der Waals surface area contributed by atoms with E-state index in [0.29, 0.717) is 5.92 Å². The molecule has 0 bridgehead atoms. The highest BCUT2D eigenvalue weighted by Gasteiger charge is 2.03. The first-order valence-electron chi connectivity index (χ1n) is 5.58. The van der Waals surface area contributed by atoms with Crippen LogP contribution in [0.1, 0.15) is 29.7 Å². The van der Waals surface area contributed by atoms with Gasteiger partial charge in [-0.2, -0.15) is 0 Å². The van der Waals surface area contributed by atoms with Crippen LogP contribution in [0, 0.1) is 12.8 Å². The van der Waals surface area contributed by atoms with E-state index in [9.17, 15) is 0 Å². The second-order valence-corrected chi connectivity index (χ2v) is 5.16. The van der Waals surface area contributed by atoms with E-state index in [2.05, 4.69) is 24.1 Å². The number of nitrogens with zero attached hydrogens (tertiary/aromatic N) is 1. The summed E-state index contributed by atoms with van der Waals surface area (Å²) < 4.78 is 0. The number of rotatable bonds is 7. The number of hydrogen-bond acceptors (Lipinski definition) is 4. The predicted octanol–water partition coefficient (Wildman–Crippen LogP) is 1.92.